The van der Waals surface area contributed by atoms with E-state index in [1.165, 1.54) is 11.1 Å². The number of benzene rings is 2. The fourth-order valence-corrected chi connectivity index (χ4v) is 4.39. The summed E-state index contributed by atoms with van der Waals surface area (Å²) in [5.74, 6) is 1.88. The Labute approximate surface area is 159 Å². The second kappa shape index (κ2) is 6.50. The van der Waals surface area contributed by atoms with Crippen LogP contribution < -0.4 is 9.64 Å². The van der Waals surface area contributed by atoms with Crippen LogP contribution in [0.5, 0.6) is 5.75 Å². The van der Waals surface area contributed by atoms with Crippen LogP contribution in [0.15, 0.2) is 48.7 Å². The first kappa shape index (κ1) is 16.5. The summed E-state index contributed by atoms with van der Waals surface area (Å²) in [6.07, 6.45) is 4.76. The van der Waals surface area contributed by atoms with Gasteiger partial charge in [-0.05, 0) is 54.7 Å². The van der Waals surface area contributed by atoms with Gasteiger partial charge in [0.2, 0.25) is 0 Å². The van der Waals surface area contributed by atoms with Crippen LogP contribution in [0.2, 0.25) is 0 Å². The van der Waals surface area contributed by atoms with Gasteiger partial charge in [0.05, 0.1) is 36.5 Å². The molecule has 138 valence electrons. The number of hydrogen-bond acceptors (Lipinski definition) is 5. The average Bonchev–Trinajstić information content (AvgIpc) is 2.74. The van der Waals surface area contributed by atoms with Crippen molar-refractivity contribution in [2.24, 2.45) is 0 Å². The van der Waals surface area contributed by atoms with E-state index < -0.39 is 0 Å². The molecule has 2 aromatic carbocycles. The molecule has 3 aromatic rings. The number of aromatic nitrogens is 2. The smallest absolute Gasteiger partial charge is 0.147 e. The van der Waals surface area contributed by atoms with Gasteiger partial charge in [0.1, 0.15) is 11.6 Å². The van der Waals surface area contributed by atoms with E-state index in [1.807, 2.05) is 30.5 Å². The lowest BCUT2D eigenvalue weighted by molar-refractivity contribution is -0.0767. The van der Waals surface area contributed by atoms with Crippen molar-refractivity contribution in [3.05, 3.63) is 59.8 Å². The van der Waals surface area contributed by atoms with Gasteiger partial charge >= 0.3 is 0 Å². The first-order valence-corrected chi connectivity index (χ1v) is 9.55. The lowest BCUT2D eigenvalue weighted by Gasteiger charge is -2.45. The van der Waals surface area contributed by atoms with Crippen LogP contribution >= 0.6 is 0 Å². The number of piperidine rings is 1. The highest BCUT2D eigenvalue weighted by molar-refractivity contribution is 5.75. The summed E-state index contributed by atoms with van der Waals surface area (Å²) >= 11 is 0. The van der Waals surface area contributed by atoms with Crippen molar-refractivity contribution >= 4 is 16.9 Å². The van der Waals surface area contributed by atoms with E-state index in [1.54, 1.807) is 7.11 Å². The van der Waals surface area contributed by atoms with Crippen LogP contribution in [0.25, 0.3) is 11.0 Å². The summed E-state index contributed by atoms with van der Waals surface area (Å²) in [6.45, 7) is 2.60. The van der Waals surface area contributed by atoms with Crippen LogP contribution in [0.3, 0.4) is 0 Å². The van der Waals surface area contributed by atoms with Gasteiger partial charge < -0.3 is 14.4 Å². The Balaban J connectivity index is 1.40. The molecule has 0 amide bonds. The van der Waals surface area contributed by atoms with E-state index in [9.17, 15) is 0 Å². The third-order valence-electron chi connectivity index (χ3n) is 5.88. The van der Waals surface area contributed by atoms with E-state index in [4.69, 9.17) is 14.5 Å². The SMILES string of the molecule is COc1ccc2c(c1)CCOC21CCN(c2cnc3ccccc3n2)CC1. The standard InChI is InChI=1S/C22H23N3O2/c1-26-17-6-7-18-16(14-17)8-13-27-22(18)9-11-25(12-10-22)21-15-23-19-4-2-3-5-20(19)24-21/h2-7,14-15H,8-13H2,1H3. The molecule has 3 heterocycles. The number of anilines is 1. The summed E-state index contributed by atoms with van der Waals surface area (Å²) in [4.78, 5) is 11.7. The number of para-hydroxylation sites is 2. The molecule has 0 saturated carbocycles. The second-order valence-electron chi connectivity index (χ2n) is 7.32. The first-order chi connectivity index (χ1) is 13.3. The number of fused-ring (bicyclic) bond motifs is 3. The summed E-state index contributed by atoms with van der Waals surface area (Å²) in [5.41, 5.74) is 4.40. The van der Waals surface area contributed by atoms with E-state index >= 15 is 0 Å². The van der Waals surface area contributed by atoms with Gasteiger partial charge in [-0.2, -0.15) is 0 Å². The van der Waals surface area contributed by atoms with Crippen molar-refractivity contribution in [1.29, 1.82) is 0 Å². The highest BCUT2D eigenvalue weighted by atomic mass is 16.5. The molecule has 0 N–H and O–H groups in total. The van der Waals surface area contributed by atoms with E-state index in [-0.39, 0.29) is 5.60 Å². The van der Waals surface area contributed by atoms with Crippen LogP contribution in [0, 0.1) is 0 Å². The van der Waals surface area contributed by atoms with E-state index in [0.29, 0.717) is 0 Å². The highest BCUT2D eigenvalue weighted by Gasteiger charge is 2.41. The molecule has 2 aliphatic heterocycles. The minimum absolute atomic E-state index is 0.180. The Hall–Kier alpha value is -2.66. The largest absolute Gasteiger partial charge is 0.497 e. The van der Waals surface area contributed by atoms with Crippen molar-refractivity contribution in [3.8, 4) is 5.75 Å². The average molecular weight is 361 g/mol. The lowest BCUT2D eigenvalue weighted by atomic mass is 9.79. The van der Waals surface area contributed by atoms with Gasteiger partial charge in [-0.25, -0.2) is 4.98 Å². The van der Waals surface area contributed by atoms with Gasteiger partial charge in [-0.15, -0.1) is 0 Å². The van der Waals surface area contributed by atoms with Gasteiger partial charge in [0, 0.05) is 13.1 Å². The summed E-state index contributed by atoms with van der Waals surface area (Å²) in [5, 5.41) is 0. The Bertz CT molecular complexity index is 980. The number of hydrogen-bond donors (Lipinski definition) is 0. The molecule has 1 fully saturated rings. The number of rotatable bonds is 2. The van der Waals surface area contributed by atoms with E-state index in [2.05, 4.69) is 28.1 Å². The van der Waals surface area contributed by atoms with Crippen LogP contribution in [-0.4, -0.2) is 36.8 Å². The molecule has 1 saturated heterocycles. The molecule has 27 heavy (non-hydrogen) atoms. The first-order valence-electron chi connectivity index (χ1n) is 9.55. The maximum atomic E-state index is 6.36. The molecule has 5 heteroatoms. The summed E-state index contributed by atoms with van der Waals surface area (Å²) < 4.78 is 11.8. The Morgan fingerprint density at radius 1 is 1.07 bits per heavy atom. The van der Waals surface area contributed by atoms with Crippen LogP contribution in [0.4, 0.5) is 5.82 Å². The van der Waals surface area contributed by atoms with Gasteiger partial charge in [0.25, 0.3) is 0 Å². The fourth-order valence-electron chi connectivity index (χ4n) is 4.39. The third kappa shape index (κ3) is 2.82. The topological polar surface area (TPSA) is 47.5 Å². The summed E-state index contributed by atoms with van der Waals surface area (Å²) in [6, 6.07) is 14.4. The zero-order valence-corrected chi connectivity index (χ0v) is 15.5. The van der Waals surface area contributed by atoms with Crippen molar-refractivity contribution < 1.29 is 9.47 Å². The van der Waals surface area contributed by atoms with E-state index in [0.717, 1.165) is 61.6 Å². The third-order valence-corrected chi connectivity index (χ3v) is 5.88. The molecule has 0 radical (unpaired) electrons. The lowest BCUT2D eigenvalue weighted by Crippen LogP contribution is -2.47. The van der Waals surface area contributed by atoms with Crippen LogP contribution in [-0.2, 0) is 16.8 Å². The quantitative estimate of drug-likeness (QED) is 0.696. The molecule has 5 rings (SSSR count). The number of ether oxygens (including phenoxy) is 2. The summed E-state index contributed by atoms with van der Waals surface area (Å²) in [7, 11) is 1.72. The molecule has 0 atom stereocenters. The fraction of sp³-hybridized carbons (Fsp3) is 0.364. The Morgan fingerprint density at radius 2 is 1.89 bits per heavy atom. The maximum absolute atomic E-state index is 6.36. The van der Waals surface area contributed by atoms with Crippen molar-refractivity contribution in [2.45, 2.75) is 24.9 Å². The molecular formula is C22H23N3O2. The zero-order valence-electron chi connectivity index (χ0n) is 15.5. The van der Waals surface area contributed by atoms with Crippen molar-refractivity contribution in [1.82, 2.24) is 9.97 Å². The minimum atomic E-state index is -0.180. The second-order valence-corrected chi connectivity index (χ2v) is 7.32. The molecule has 1 aromatic heterocycles. The Kier molecular flexibility index (Phi) is 3.97. The molecule has 0 unspecified atom stereocenters. The van der Waals surface area contributed by atoms with Gasteiger partial charge in [-0.3, -0.25) is 4.98 Å². The van der Waals surface area contributed by atoms with Crippen molar-refractivity contribution in [2.75, 3.05) is 31.7 Å². The molecule has 5 nitrogen and oxygen atoms in total. The molecule has 1 spiro atoms. The monoisotopic (exact) mass is 361 g/mol. The number of methoxy groups -OCH3 is 1. The van der Waals surface area contributed by atoms with Gasteiger partial charge in [-0.1, -0.05) is 18.2 Å². The van der Waals surface area contributed by atoms with Crippen LogP contribution in [0.1, 0.15) is 24.0 Å². The molecular weight excluding hydrogens is 338 g/mol. The Morgan fingerprint density at radius 3 is 2.70 bits per heavy atom. The molecule has 0 aliphatic carbocycles. The predicted molar refractivity (Wildman–Crippen MR) is 105 cm³/mol. The molecule has 0 bridgehead atoms. The normalized spacial score (nSPS) is 18.5. The number of nitrogens with zero attached hydrogens (tertiary/aromatic N) is 3. The van der Waals surface area contributed by atoms with Crippen molar-refractivity contribution in [3.63, 3.8) is 0 Å². The highest BCUT2D eigenvalue weighted by Crippen LogP contribution is 2.43. The minimum Gasteiger partial charge on any atom is -0.497 e. The zero-order chi connectivity index (χ0) is 18.3. The predicted octanol–water partition coefficient (Wildman–Crippen LogP) is 3.71. The maximum Gasteiger partial charge on any atom is 0.147 e. The van der Waals surface area contributed by atoms with Gasteiger partial charge in [0.15, 0.2) is 0 Å². The molecule has 2 aliphatic rings.